The zero-order valence-electron chi connectivity index (χ0n) is 35.4. The summed E-state index contributed by atoms with van der Waals surface area (Å²) in [6.45, 7) is 6.27. The molecule has 0 aromatic carbocycles. The summed E-state index contributed by atoms with van der Waals surface area (Å²) in [6, 6.07) is 0. The third kappa shape index (κ3) is 41.6. The van der Waals surface area contributed by atoms with E-state index < -0.39 is 6.10 Å². The van der Waals surface area contributed by atoms with Crippen LogP contribution in [0.25, 0.3) is 0 Å². The molecule has 0 heterocycles. The van der Waals surface area contributed by atoms with Crippen molar-refractivity contribution in [2.24, 2.45) is 0 Å². The maximum absolute atomic E-state index is 12.7. The molecule has 6 heteroatoms. The summed E-state index contributed by atoms with van der Waals surface area (Å²) < 4.78 is 16.6. The van der Waals surface area contributed by atoms with Crippen LogP contribution in [-0.4, -0.2) is 37.2 Å². The molecular formula is C49H80O6. The van der Waals surface area contributed by atoms with Crippen molar-refractivity contribution >= 4 is 17.9 Å². The summed E-state index contributed by atoms with van der Waals surface area (Å²) in [5.41, 5.74) is 0. The summed E-state index contributed by atoms with van der Waals surface area (Å²) in [4.78, 5) is 37.7. The second-order valence-electron chi connectivity index (χ2n) is 14.2. The van der Waals surface area contributed by atoms with Crippen LogP contribution < -0.4 is 0 Å². The van der Waals surface area contributed by atoms with Gasteiger partial charge in [-0.25, -0.2) is 0 Å². The number of allylic oxidation sites excluding steroid dienone is 14. The molecule has 0 aliphatic carbocycles. The van der Waals surface area contributed by atoms with E-state index in [0.29, 0.717) is 19.3 Å². The van der Waals surface area contributed by atoms with Gasteiger partial charge in [-0.15, -0.1) is 0 Å². The van der Waals surface area contributed by atoms with E-state index >= 15 is 0 Å². The lowest BCUT2D eigenvalue weighted by Crippen LogP contribution is -2.30. The first-order valence-corrected chi connectivity index (χ1v) is 22.1. The molecule has 0 saturated heterocycles. The first-order valence-electron chi connectivity index (χ1n) is 22.1. The zero-order valence-corrected chi connectivity index (χ0v) is 35.4. The standard InChI is InChI=1S/C49H80O6/c1-4-7-10-13-16-19-22-24-25-28-30-33-36-39-42-48(51)54-45-46(44-53-47(50)41-38-35-32-29-26-21-18-15-12-9-6-3)55-49(52)43-40-37-34-31-27-23-20-17-14-11-8-5-2/h7,9-10,12,16-21,24-25,29,32,46H,4-6,8,11,13-15,22-23,26-28,30-31,33-45H2,1-3H3/b10-7-,12-9-,19-16-,20-17-,21-18-,25-24-,32-29-. The minimum absolute atomic E-state index is 0.109. The largest absolute Gasteiger partial charge is 0.462 e. The molecule has 6 nitrogen and oxygen atoms in total. The number of carbonyl (C=O) groups excluding carboxylic acids is 3. The number of esters is 3. The van der Waals surface area contributed by atoms with Crippen LogP contribution in [0.4, 0.5) is 0 Å². The molecule has 0 aromatic rings. The molecule has 0 rings (SSSR count). The molecule has 0 aliphatic rings. The highest BCUT2D eigenvalue weighted by Gasteiger charge is 2.19. The minimum atomic E-state index is -0.808. The van der Waals surface area contributed by atoms with Crippen LogP contribution in [0, 0.1) is 0 Å². The first-order chi connectivity index (χ1) is 27.0. The van der Waals surface area contributed by atoms with Gasteiger partial charge in [0.1, 0.15) is 13.2 Å². The summed E-state index contributed by atoms with van der Waals surface area (Å²) in [5.74, 6) is -1.00. The maximum atomic E-state index is 12.7. The Bertz CT molecular complexity index is 1110. The zero-order chi connectivity index (χ0) is 40.1. The van der Waals surface area contributed by atoms with Crippen molar-refractivity contribution in [2.75, 3.05) is 13.2 Å². The Morgan fingerprint density at radius 2 is 0.727 bits per heavy atom. The van der Waals surface area contributed by atoms with Crippen LogP contribution in [0.15, 0.2) is 85.1 Å². The van der Waals surface area contributed by atoms with Crippen LogP contribution in [-0.2, 0) is 28.6 Å². The summed E-state index contributed by atoms with van der Waals surface area (Å²) in [5, 5.41) is 0. The first kappa shape index (κ1) is 51.6. The normalized spacial score (nSPS) is 12.9. The van der Waals surface area contributed by atoms with Crippen LogP contribution >= 0.6 is 0 Å². The Morgan fingerprint density at radius 3 is 1.20 bits per heavy atom. The Labute approximate surface area is 337 Å². The van der Waals surface area contributed by atoms with Crippen LogP contribution in [0.3, 0.4) is 0 Å². The fourth-order valence-corrected chi connectivity index (χ4v) is 5.59. The molecule has 1 unspecified atom stereocenters. The van der Waals surface area contributed by atoms with Gasteiger partial charge in [-0.05, 0) is 103 Å². The predicted octanol–water partition coefficient (Wildman–Crippen LogP) is 14.1. The molecule has 0 N–H and O–H groups in total. The van der Waals surface area contributed by atoms with Gasteiger partial charge in [0.05, 0.1) is 0 Å². The van der Waals surface area contributed by atoms with Crippen LogP contribution in [0.1, 0.15) is 188 Å². The molecule has 312 valence electrons. The van der Waals surface area contributed by atoms with E-state index in [1.807, 2.05) is 0 Å². The Balaban J connectivity index is 4.50. The lowest BCUT2D eigenvalue weighted by atomic mass is 10.1. The topological polar surface area (TPSA) is 78.9 Å². The molecule has 0 saturated carbocycles. The average Bonchev–Trinajstić information content (AvgIpc) is 3.18. The smallest absolute Gasteiger partial charge is 0.306 e. The number of ether oxygens (including phenoxy) is 3. The third-order valence-electron chi connectivity index (χ3n) is 8.86. The summed E-state index contributed by atoms with van der Waals surface area (Å²) in [7, 11) is 0. The molecular weight excluding hydrogens is 685 g/mol. The molecule has 1 atom stereocenters. The maximum Gasteiger partial charge on any atom is 0.306 e. The predicted molar refractivity (Wildman–Crippen MR) is 233 cm³/mol. The van der Waals surface area contributed by atoms with Crippen molar-refractivity contribution in [3.8, 4) is 0 Å². The van der Waals surface area contributed by atoms with Gasteiger partial charge in [-0.1, -0.05) is 151 Å². The third-order valence-corrected chi connectivity index (χ3v) is 8.86. The van der Waals surface area contributed by atoms with E-state index in [1.54, 1.807) is 0 Å². The SMILES string of the molecule is CC/C=C\C/C=C\C/C=C\CCCCCCC(=O)OCC(COC(=O)CCC/C=C\C/C=C\C/C=C\CC)OC(=O)CCCCCCC/C=C\CCCCC. The van der Waals surface area contributed by atoms with E-state index in [0.717, 1.165) is 109 Å². The molecule has 0 spiro atoms. The van der Waals surface area contributed by atoms with Gasteiger partial charge < -0.3 is 14.2 Å². The van der Waals surface area contributed by atoms with E-state index in [1.165, 1.54) is 32.1 Å². The minimum Gasteiger partial charge on any atom is -0.462 e. The second kappa shape index (κ2) is 43.3. The number of hydrogen-bond acceptors (Lipinski definition) is 6. The van der Waals surface area contributed by atoms with Crippen molar-refractivity contribution in [3.63, 3.8) is 0 Å². The summed E-state index contributed by atoms with van der Waals surface area (Å²) in [6.07, 6.45) is 54.3. The van der Waals surface area contributed by atoms with Gasteiger partial charge in [-0.3, -0.25) is 14.4 Å². The number of rotatable bonds is 38. The van der Waals surface area contributed by atoms with Crippen LogP contribution in [0.2, 0.25) is 0 Å². The van der Waals surface area contributed by atoms with E-state index in [2.05, 4.69) is 106 Å². The van der Waals surface area contributed by atoms with Gasteiger partial charge in [0.25, 0.3) is 0 Å². The number of carbonyl (C=O) groups is 3. The number of hydrogen-bond donors (Lipinski definition) is 0. The fourth-order valence-electron chi connectivity index (χ4n) is 5.59. The van der Waals surface area contributed by atoms with E-state index in [9.17, 15) is 14.4 Å². The molecule has 0 radical (unpaired) electrons. The Kier molecular flexibility index (Phi) is 40.6. The average molecular weight is 765 g/mol. The second-order valence-corrected chi connectivity index (χ2v) is 14.2. The van der Waals surface area contributed by atoms with Crippen molar-refractivity contribution < 1.29 is 28.6 Å². The molecule has 55 heavy (non-hydrogen) atoms. The highest BCUT2D eigenvalue weighted by Crippen LogP contribution is 2.12. The lowest BCUT2D eigenvalue weighted by molar-refractivity contribution is -0.167. The van der Waals surface area contributed by atoms with Crippen molar-refractivity contribution in [3.05, 3.63) is 85.1 Å². The van der Waals surface area contributed by atoms with E-state index in [-0.39, 0.29) is 37.5 Å². The van der Waals surface area contributed by atoms with Gasteiger partial charge in [0, 0.05) is 19.3 Å². The molecule has 0 aromatic heterocycles. The van der Waals surface area contributed by atoms with Crippen LogP contribution in [0.5, 0.6) is 0 Å². The van der Waals surface area contributed by atoms with Crippen molar-refractivity contribution in [1.82, 2.24) is 0 Å². The van der Waals surface area contributed by atoms with Gasteiger partial charge in [0.2, 0.25) is 0 Å². The highest BCUT2D eigenvalue weighted by atomic mass is 16.6. The summed E-state index contributed by atoms with van der Waals surface area (Å²) >= 11 is 0. The van der Waals surface area contributed by atoms with Crippen molar-refractivity contribution in [1.29, 1.82) is 0 Å². The Hall–Kier alpha value is -3.41. The monoisotopic (exact) mass is 765 g/mol. The molecule has 0 fully saturated rings. The molecule has 0 aliphatic heterocycles. The van der Waals surface area contributed by atoms with Gasteiger partial charge in [-0.2, -0.15) is 0 Å². The number of unbranched alkanes of at least 4 members (excludes halogenated alkanes) is 13. The van der Waals surface area contributed by atoms with Gasteiger partial charge in [0.15, 0.2) is 6.10 Å². The van der Waals surface area contributed by atoms with Gasteiger partial charge >= 0.3 is 17.9 Å². The van der Waals surface area contributed by atoms with E-state index in [4.69, 9.17) is 14.2 Å². The molecule has 0 amide bonds. The highest BCUT2D eigenvalue weighted by molar-refractivity contribution is 5.71. The molecule has 0 bridgehead atoms. The fraction of sp³-hybridized carbons (Fsp3) is 0.653. The Morgan fingerprint density at radius 1 is 0.382 bits per heavy atom. The van der Waals surface area contributed by atoms with Crippen molar-refractivity contribution in [2.45, 2.75) is 194 Å². The lowest BCUT2D eigenvalue weighted by Gasteiger charge is -2.18. The quantitative estimate of drug-likeness (QED) is 0.0270.